The maximum Gasteiger partial charge on any atom is 0.257 e. The molecule has 0 bridgehead atoms. The van der Waals surface area contributed by atoms with Crippen LogP contribution in [0, 0.1) is 12.7 Å². The van der Waals surface area contributed by atoms with E-state index in [-0.39, 0.29) is 16.1 Å². The number of carbonyl (C=O) groups is 1. The predicted octanol–water partition coefficient (Wildman–Crippen LogP) is 4.04. The van der Waals surface area contributed by atoms with Crippen LogP contribution in [0.2, 0.25) is 5.02 Å². The summed E-state index contributed by atoms with van der Waals surface area (Å²) in [5.41, 5.74) is 1.05. The van der Waals surface area contributed by atoms with Crippen LogP contribution < -0.4 is 5.32 Å². The molecule has 92 valence electrons. The van der Waals surface area contributed by atoms with Crippen LogP contribution >= 0.6 is 11.6 Å². The molecule has 0 aliphatic carbocycles. The van der Waals surface area contributed by atoms with Gasteiger partial charge < -0.3 is 5.32 Å². The van der Waals surface area contributed by atoms with Crippen molar-refractivity contribution in [3.8, 4) is 0 Å². The number of anilines is 1. The number of amides is 1. The van der Waals surface area contributed by atoms with E-state index in [2.05, 4.69) is 5.32 Å². The fraction of sp³-hybridized carbons (Fsp3) is 0.0714. The minimum absolute atomic E-state index is 0.167. The van der Waals surface area contributed by atoms with E-state index >= 15 is 0 Å². The lowest BCUT2D eigenvalue weighted by Gasteiger charge is -2.10. The number of hydrogen-bond donors (Lipinski definition) is 1. The molecule has 0 aliphatic rings. The Hall–Kier alpha value is -1.87. The third-order valence-corrected chi connectivity index (χ3v) is 2.92. The second-order valence-electron chi connectivity index (χ2n) is 3.85. The zero-order valence-electron chi connectivity index (χ0n) is 9.71. The van der Waals surface area contributed by atoms with E-state index in [9.17, 15) is 9.18 Å². The van der Waals surface area contributed by atoms with Gasteiger partial charge in [-0.2, -0.15) is 0 Å². The molecule has 2 aromatic rings. The van der Waals surface area contributed by atoms with Gasteiger partial charge in [0, 0.05) is 5.69 Å². The highest BCUT2D eigenvalue weighted by Gasteiger charge is 2.16. The van der Waals surface area contributed by atoms with Gasteiger partial charge in [-0.15, -0.1) is 0 Å². The Labute approximate surface area is 109 Å². The molecule has 0 saturated heterocycles. The molecule has 0 aliphatic heterocycles. The fourth-order valence-electron chi connectivity index (χ4n) is 1.65. The number of para-hydroxylation sites is 1. The van der Waals surface area contributed by atoms with Crippen molar-refractivity contribution in [2.24, 2.45) is 0 Å². The molecule has 0 saturated carbocycles. The summed E-state index contributed by atoms with van der Waals surface area (Å²) in [6.07, 6.45) is 0. The van der Waals surface area contributed by atoms with E-state index in [0.29, 0.717) is 5.69 Å². The van der Waals surface area contributed by atoms with E-state index in [0.717, 1.165) is 0 Å². The number of carbonyl (C=O) groups excluding carboxylic acids is 1. The highest BCUT2D eigenvalue weighted by molar-refractivity contribution is 6.34. The Bertz CT molecular complexity index is 584. The Morgan fingerprint density at radius 2 is 1.83 bits per heavy atom. The van der Waals surface area contributed by atoms with Crippen LogP contribution in [-0.2, 0) is 0 Å². The van der Waals surface area contributed by atoms with Gasteiger partial charge in [0.05, 0.1) is 10.6 Å². The molecule has 1 N–H and O–H groups in total. The molecule has 0 atom stereocenters. The average Bonchev–Trinajstić information content (AvgIpc) is 2.36. The molecular weight excluding hydrogens is 253 g/mol. The molecule has 18 heavy (non-hydrogen) atoms. The molecular formula is C14H11ClFNO. The van der Waals surface area contributed by atoms with Crippen LogP contribution in [0.5, 0.6) is 0 Å². The molecule has 2 rings (SSSR count). The van der Waals surface area contributed by atoms with E-state index < -0.39 is 11.7 Å². The standard InChI is InChI=1S/C14H11ClFNO/c1-9-12(16)8-7-11(15)13(9)14(18)17-10-5-3-2-4-6-10/h2-8H,1H3,(H,17,18). The van der Waals surface area contributed by atoms with E-state index in [1.54, 1.807) is 24.3 Å². The van der Waals surface area contributed by atoms with E-state index in [1.165, 1.54) is 19.1 Å². The van der Waals surface area contributed by atoms with Crippen molar-refractivity contribution in [1.82, 2.24) is 0 Å². The van der Waals surface area contributed by atoms with Crippen molar-refractivity contribution < 1.29 is 9.18 Å². The van der Waals surface area contributed by atoms with E-state index in [1.807, 2.05) is 6.07 Å². The van der Waals surface area contributed by atoms with Gasteiger partial charge in [0.1, 0.15) is 5.82 Å². The Kier molecular flexibility index (Phi) is 3.63. The predicted molar refractivity (Wildman–Crippen MR) is 70.5 cm³/mol. The van der Waals surface area contributed by atoms with Crippen LogP contribution in [0.1, 0.15) is 15.9 Å². The lowest BCUT2D eigenvalue weighted by atomic mass is 10.1. The summed E-state index contributed by atoms with van der Waals surface area (Å²) >= 11 is 5.94. The number of halogens is 2. The second-order valence-corrected chi connectivity index (χ2v) is 4.26. The third-order valence-electron chi connectivity index (χ3n) is 2.61. The van der Waals surface area contributed by atoms with Crippen molar-refractivity contribution in [1.29, 1.82) is 0 Å². The number of rotatable bonds is 2. The molecule has 4 heteroatoms. The molecule has 0 fully saturated rings. The molecule has 2 nitrogen and oxygen atoms in total. The molecule has 0 radical (unpaired) electrons. The molecule has 1 amide bonds. The summed E-state index contributed by atoms with van der Waals surface area (Å²) in [7, 11) is 0. The maximum atomic E-state index is 13.4. The first-order valence-corrected chi connectivity index (χ1v) is 5.78. The molecule has 2 aromatic carbocycles. The van der Waals surface area contributed by atoms with Gasteiger partial charge in [-0.05, 0) is 36.8 Å². The Morgan fingerprint density at radius 1 is 1.17 bits per heavy atom. The third kappa shape index (κ3) is 2.51. The molecule has 0 aromatic heterocycles. The maximum absolute atomic E-state index is 13.4. The number of nitrogens with one attached hydrogen (secondary N) is 1. The van der Waals surface area contributed by atoms with Crippen LogP contribution in [0.3, 0.4) is 0 Å². The first kappa shape index (κ1) is 12.6. The first-order chi connectivity index (χ1) is 8.59. The summed E-state index contributed by atoms with van der Waals surface area (Å²) in [4.78, 5) is 12.0. The van der Waals surface area contributed by atoms with Crippen molar-refractivity contribution in [3.63, 3.8) is 0 Å². The van der Waals surface area contributed by atoms with Crippen LogP contribution in [0.15, 0.2) is 42.5 Å². The van der Waals surface area contributed by atoms with Gasteiger partial charge in [-0.1, -0.05) is 29.8 Å². The first-order valence-electron chi connectivity index (χ1n) is 5.40. The monoisotopic (exact) mass is 263 g/mol. The van der Waals surface area contributed by atoms with Crippen LogP contribution in [0.4, 0.5) is 10.1 Å². The Balaban J connectivity index is 2.33. The fourth-order valence-corrected chi connectivity index (χ4v) is 1.94. The summed E-state index contributed by atoms with van der Waals surface area (Å²) < 4.78 is 13.4. The molecule has 0 heterocycles. The van der Waals surface area contributed by atoms with Gasteiger partial charge in [0.25, 0.3) is 5.91 Å². The van der Waals surface area contributed by atoms with Crippen LogP contribution in [-0.4, -0.2) is 5.91 Å². The van der Waals surface area contributed by atoms with Gasteiger partial charge in [0.15, 0.2) is 0 Å². The van der Waals surface area contributed by atoms with Gasteiger partial charge in [0.2, 0.25) is 0 Å². The molecule has 0 unspecified atom stereocenters. The van der Waals surface area contributed by atoms with Crippen molar-refractivity contribution >= 4 is 23.2 Å². The average molecular weight is 264 g/mol. The highest BCUT2D eigenvalue weighted by Crippen LogP contribution is 2.23. The summed E-state index contributed by atoms with van der Waals surface area (Å²) in [5, 5.41) is 2.92. The topological polar surface area (TPSA) is 29.1 Å². The highest BCUT2D eigenvalue weighted by atomic mass is 35.5. The normalized spacial score (nSPS) is 10.2. The van der Waals surface area contributed by atoms with Crippen molar-refractivity contribution in [2.75, 3.05) is 5.32 Å². The number of hydrogen-bond acceptors (Lipinski definition) is 1. The minimum atomic E-state index is -0.447. The van der Waals surface area contributed by atoms with E-state index in [4.69, 9.17) is 11.6 Å². The largest absolute Gasteiger partial charge is 0.322 e. The zero-order valence-corrected chi connectivity index (χ0v) is 10.5. The van der Waals surface area contributed by atoms with Crippen LogP contribution in [0.25, 0.3) is 0 Å². The van der Waals surface area contributed by atoms with Gasteiger partial charge in [-0.25, -0.2) is 4.39 Å². The molecule has 0 spiro atoms. The SMILES string of the molecule is Cc1c(F)ccc(Cl)c1C(=O)Nc1ccccc1. The van der Waals surface area contributed by atoms with Gasteiger partial charge >= 0.3 is 0 Å². The summed E-state index contributed by atoms with van der Waals surface area (Å²) in [5.74, 6) is -0.860. The summed E-state index contributed by atoms with van der Waals surface area (Å²) in [6, 6.07) is 11.6. The lowest BCUT2D eigenvalue weighted by Crippen LogP contribution is -2.14. The van der Waals surface area contributed by atoms with Gasteiger partial charge in [-0.3, -0.25) is 4.79 Å². The quantitative estimate of drug-likeness (QED) is 0.870. The second kappa shape index (κ2) is 5.19. The number of benzene rings is 2. The smallest absolute Gasteiger partial charge is 0.257 e. The Morgan fingerprint density at radius 3 is 2.50 bits per heavy atom. The minimum Gasteiger partial charge on any atom is -0.322 e. The van der Waals surface area contributed by atoms with Crippen molar-refractivity contribution in [2.45, 2.75) is 6.92 Å². The zero-order chi connectivity index (χ0) is 13.1. The van der Waals surface area contributed by atoms with Crippen molar-refractivity contribution in [3.05, 3.63) is 64.4 Å². The summed E-state index contributed by atoms with van der Waals surface area (Å²) in [6.45, 7) is 1.53. The lowest BCUT2D eigenvalue weighted by molar-refractivity contribution is 0.102.